The third-order valence-electron chi connectivity index (χ3n) is 9.06. The summed E-state index contributed by atoms with van der Waals surface area (Å²) in [4.78, 5) is 110. The number of thioether (sulfide) groups is 1. The van der Waals surface area contributed by atoms with Gasteiger partial charge in [0.2, 0.25) is 47.3 Å². The molecule has 22 heteroatoms. The summed E-state index contributed by atoms with van der Waals surface area (Å²) in [5.41, 5.74) is 6.89. The van der Waals surface area contributed by atoms with E-state index in [9.17, 15) is 48.3 Å². The molecule has 2 rings (SSSR count). The van der Waals surface area contributed by atoms with Crippen LogP contribution in [-0.2, 0) is 38.4 Å². The molecule has 0 aromatic rings. The molecule has 0 radical (unpaired) electrons. The molecule has 0 aromatic carbocycles. The van der Waals surface area contributed by atoms with Gasteiger partial charge in [-0.2, -0.15) is 11.8 Å². The topological polar surface area (TPSA) is 328 Å². The second-order valence-corrected chi connectivity index (χ2v) is 15.6. The van der Waals surface area contributed by atoms with Crippen molar-refractivity contribution in [1.82, 2.24) is 48.0 Å². The van der Waals surface area contributed by atoms with Crippen molar-refractivity contribution in [1.29, 1.82) is 0 Å². The molecule has 0 aliphatic carbocycles. The highest BCUT2D eigenvalue weighted by Crippen LogP contribution is 2.33. The van der Waals surface area contributed by atoms with E-state index in [2.05, 4.69) is 42.5 Å². The van der Waals surface area contributed by atoms with Gasteiger partial charge in [0, 0.05) is 36.3 Å². The number of aliphatic hydroxyl groups excluding tert-OH is 1. The Hall–Kier alpha value is -4.70. The van der Waals surface area contributed by atoms with E-state index in [1.54, 1.807) is 0 Å². The van der Waals surface area contributed by atoms with Crippen molar-refractivity contribution in [2.45, 2.75) is 114 Å². The number of unbranched alkanes of at least 4 members (excludes halogenated alkanes) is 2. The molecule has 0 spiro atoms. The SMILES string of the molecule is CC(C)CC(CC(=O)NO)C(=O)NCC(=O)N[C@H](C(=O)NCC(=O)NCC(=O)N[C@@H](CCCCNC(=O)CCCC[C@@H]1SC[C@@H]2NC(=O)N[C@@H]21)C(N)=O)[C@@H](C)O. The number of hydroxylamine groups is 1. The van der Waals surface area contributed by atoms with Gasteiger partial charge in [-0.25, -0.2) is 10.3 Å². The molecular weight excluding hydrogens is 756 g/mol. The van der Waals surface area contributed by atoms with Gasteiger partial charge in [-0.05, 0) is 51.4 Å². The standard InChI is InChI=1S/C34H58N10O11S/c1-18(2)12-20(13-25(47)44-55)32(52)38-16-28(50)42-29(19(3)45)33(53)39-14-26(48)37-15-27(49)40-21(31(35)51)8-6-7-11-36-24(46)10-5-4-9-23-30-22(17-56-23)41-34(54)43-30/h18-23,29-30,45,55H,4-17H2,1-3H3,(H2,35,51)(H,36,46)(H,37,48)(H,38,52)(H,39,53)(H,40,49)(H,42,50)(H,44,47)(H2,41,43,54)/t19-,20?,21+,22+,23+,29+,30+/m1/s1. The Bertz CT molecular complexity index is 1400. The lowest BCUT2D eigenvalue weighted by atomic mass is 9.93. The Morgan fingerprint density at radius 2 is 1.46 bits per heavy atom. The van der Waals surface area contributed by atoms with Crippen LogP contribution < -0.4 is 53.7 Å². The number of hydrogen-bond donors (Lipinski definition) is 12. The molecule has 0 saturated carbocycles. The fourth-order valence-electron chi connectivity index (χ4n) is 6.18. The Morgan fingerprint density at radius 3 is 2.12 bits per heavy atom. The molecule has 56 heavy (non-hydrogen) atoms. The van der Waals surface area contributed by atoms with Crippen molar-refractivity contribution in [3.63, 3.8) is 0 Å². The van der Waals surface area contributed by atoms with Crippen molar-refractivity contribution in [2.24, 2.45) is 17.6 Å². The Morgan fingerprint density at radius 1 is 0.804 bits per heavy atom. The van der Waals surface area contributed by atoms with E-state index in [-0.39, 0.29) is 42.8 Å². The number of hydrogen-bond acceptors (Lipinski definition) is 12. The summed E-state index contributed by atoms with van der Waals surface area (Å²) in [6, 6.07) is -2.35. The molecule has 1 unspecified atom stereocenters. The van der Waals surface area contributed by atoms with Crippen LogP contribution in [0.25, 0.3) is 0 Å². The first-order chi connectivity index (χ1) is 26.5. The normalized spacial score (nSPS) is 19.2. The number of rotatable bonds is 26. The van der Waals surface area contributed by atoms with Gasteiger partial charge in [-0.15, -0.1) is 0 Å². The average molecular weight is 815 g/mol. The van der Waals surface area contributed by atoms with Gasteiger partial charge in [0.1, 0.15) is 12.1 Å². The van der Waals surface area contributed by atoms with Crippen LogP contribution in [0.1, 0.15) is 78.6 Å². The van der Waals surface area contributed by atoms with Crippen LogP contribution in [0.4, 0.5) is 4.79 Å². The molecule has 2 heterocycles. The molecule has 21 nitrogen and oxygen atoms in total. The molecule has 316 valence electrons. The van der Waals surface area contributed by atoms with Crippen LogP contribution in [0.3, 0.4) is 0 Å². The second-order valence-electron chi connectivity index (χ2n) is 14.3. The third kappa shape index (κ3) is 17.8. The van der Waals surface area contributed by atoms with E-state index in [0.717, 1.165) is 25.0 Å². The zero-order chi connectivity index (χ0) is 41.8. The van der Waals surface area contributed by atoms with Crippen LogP contribution in [0.2, 0.25) is 0 Å². The molecule has 0 bridgehead atoms. The Kier molecular flexibility index (Phi) is 21.0. The van der Waals surface area contributed by atoms with Crippen molar-refractivity contribution < 1.29 is 53.5 Å². The minimum atomic E-state index is -1.51. The number of amides is 10. The molecule has 2 aliphatic heterocycles. The predicted octanol–water partition coefficient (Wildman–Crippen LogP) is -3.26. The van der Waals surface area contributed by atoms with Crippen LogP contribution in [0.5, 0.6) is 0 Å². The van der Waals surface area contributed by atoms with Crippen LogP contribution >= 0.6 is 11.8 Å². The van der Waals surface area contributed by atoms with Crippen LogP contribution in [0, 0.1) is 11.8 Å². The number of carbonyl (C=O) groups excluding carboxylic acids is 9. The van der Waals surface area contributed by atoms with Gasteiger partial charge in [-0.1, -0.05) is 20.3 Å². The first kappa shape index (κ1) is 47.5. The zero-order valence-electron chi connectivity index (χ0n) is 32.1. The average Bonchev–Trinajstić information content (AvgIpc) is 3.70. The first-order valence-electron chi connectivity index (χ1n) is 18.8. The fraction of sp³-hybridized carbons (Fsp3) is 0.735. The van der Waals surface area contributed by atoms with Gasteiger partial charge in [-0.3, -0.25) is 43.6 Å². The minimum Gasteiger partial charge on any atom is -0.391 e. The van der Waals surface area contributed by atoms with Crippen molar-refractivity contribution in [3.05, 3.63) is 0 Å². The highest BCUT2D eigenvalue weighted by atomic mass is 32.2. The second kappa shape index (κ2) is 24.7. The van der Waals surface area contributed by atoms with Crippen LogP contribution in [-0.4, -0.2) is 131 Å². The molecule has 13 N–H and O–H groups in total. The van der Waals surface area contributed by atoms with Crippen molar-refractivity contribution >= 4 is 65.1 Å². The zero-order valence-corrected chi connectivity index (χ0v) is 32.9. The predicted molar refractivity (Wildman–Crippen MR) is 202 cm³/mol. The lowest BCUT2D eigenvalue weighted by molar-refractivity contribution is -0.136. The van der Waals surface area contributed by atoms with Crippen molar-refractivity contribution in [2.75, 3.05) is 31.9 Å². The maximum Gasteiger partial charge on any atom is 0.315 e. The summed E-state index contributed by atoms with van der Waals surface area (Å²) >= 11 is 1.83. The summed E-state index contributed by atoms with van der Waals surface area (Å²) in [7, 11) is 0. The van der Waals surface area contributed by atoms with Gasteiger partial charge in [0.25, 0.3) is 0 Å². The smallest absolute Gasteiger partial charge is 0.315 e. The fourth-order valence-corrected chi connectivity index (χ4v) is 7.72. The summed E-state index contributed by atoms with van der Waals surface area (Å²) in [5, 5.41) is 39.4. The molecule has 2 saturated heterocycles. The van der Waals surface area contributed by atoms with E-state index < -0.39 is 85.1 Å². The highest BCUT2D eigenvalue weighted by molar-refractivity contribution is 8.00. The summed E-state index contributed by atoms with van der Waals surface area (Å²) in [6.45, 7) is 3.48. The number of primary amides is 1. The van der Waals surface area contributed by atoms with Gasteiger partial charge in [0.05, 0.1) is 37.8 Å². The monoisotopic (exact) mass is 814 g/mol. The van der Waals surface area contributed by atoms with E-state index in [1.807, 2.05) is 25.6 Å². The molecule has 2 aliphatic rings. The van der Waals surface area contributed by atoms with Crippen LogP contribution in [0.15, 0.2) is 0 Å². The van der Waals surface area contributed by atoms with Gasteiger partial charge < -0.3 is 53.4 Å². The molecule has 2 fully saturated rings. The van der Waals surface area contributed by atoms with Gasteiger partial charge in [0.15, 0.2) is 0 Å². The maximum atomic E-state index is 12.6. The van der Waals surface area contributed by atoms with E-state index >= 15 is 0 Å². The summed E-state index contributed by atoms with van der Waals surface area (Å²) < 4.78 is 0. The molecule has 10 amide bonds. The molecular formula is C34H58N10O11S. The molecule has 7 atom stereocenters. The van der Waals surface area contributed by atoms with E-state index in [1.165, 1.54) is 12.4 Å². The molecule has 0 aromatic heterocycles. The lowest BCUT2D eigenvalue weighted by Gasteiger charge is -2.22. The van der Waals surface area contributed by atoms with E-state index in [4.69, 9.17) is 10.9 Å². The minimum absolute atomic E-state index is 0.0248. The van der Waals surface area contributed by atoms with Crippen molar-refractivity contribution in [3.8, 4) is 0 Å². The maximum absolute atomic E-state index is 12.6. The quantitative estimate of drug-likeness (QED) is 0.0177. The highest BCUT2D eigenvalue weighted by Gasteiger charge is 2.42. The summed E-state index contributed by atoms with van der Waals surface area (Å²) in [5.74, 6) is -5.49. The lowest BCUT2D eigenvalue weighted by Crippen LogP contribution is -2.55. The number of aliphatic hydroxyl groups is 1. The Labute approximate surface area is 329 Å². The number of fused-ring (bicyclic) bond motifs is 1. The number of carbonyl (C=O) groups is 9. The summed E-state index contributed by atoms with van der Waals surface area (Å²) in [6.07, 6.45) is 2.64. The van der Waals surface area contributed by atoms with Gasteiger partial charge >= 0.3 is 6.03 Å². The van der Waals surface area contributed by atoms with E-state index in [0.29, 0.717) is 37.5 Å². The number of nitrogens with one attached hydrogen (secondary N) is 9. The largest absolute Gasteiger partial charge is 0.391 e. The number of urea groups is 1. The number of nitrogens with two attached hydrogens (primary N) is 1. The Balaban J connectivity index is 1.62. The first-order valence-corrected chi connectivity index (χ1v) is 19.8. The third-order valence-corrected chi connectivity index (χ3v) is 10.6.